The minimum atomic E-state index is 0.330. The molecule has 2 aliphatic rings. The van der Waals surface area contributed by atoms with Crippen LogP contribution in [0, 0.1) is 5.92 Å². The Morgan fingerprint density at radius 3 is 2.92 bits per heavy atom. The molecule has 1 N–H and O–H groups in total. The summed E-state index contributed by atoms with van der Waals surface area (Å²) >= 11 is 0. The van der Waals surface area contributed by atoms with Crippen molar-refractivity contribution in [1.82, 2.24) is 24.6 Å². The van der Waals surface area contributed by atoms with Crippen LogP contribution in [0.3, 0.4) is 0 Å². The third-order valence-corrected chi connectivity index (χ3v) is 5.77. The molecular weight excluding hydrogens is 314 g/mol. The zero-order valence-electron chi connectivity index (χ0n) is 15.2. The number of H-pyrrole nitrogens is 1. The molecule has 0 bridgehead atoms. The SMILES string of the molecule is C[C@@H]1c2ncc(CCOCC3CCCC3)n2CCN1Cc1cn[nH]c1. The number of hydrogen-bond acceptors (Lipinski definition) is 4. The largest absolute Gasteiger partial charge is 0.381 e. The fourth-order valence-electron chi connectivity index (χ4n) is 4.22. The Hall–Kier alpha value is -1.66. The van der Waals surface area contributed by atoms with E-state index in [9.17, 15) is 0 Å². The van der Waals surface area contributed by atoms with Crippen LogP contribution in [0.15, 0.2) is 18.6 Å². The van der Waals surface area contributed by atoms with Gasteiger partial charge < -0.3 is 9.30 Å². The summed E-state index contributed by atoms with van der Waals surface area (Å²) in [4.78, 5) is 7.18. The van der Waals surface area contributed by atoms with Gasteiger partial charge >= 0.3 is 0 Å². The van der Waals surface area contributed by atoms with Gasteiger partial charge in [-0.15, -0.1) is 0 Å². The highest BCUT2D eigenvalue weighted by atomic mass is 16.5. The highest BCUT2D eigenvalue weighted by Gasteiger charge is 2.27. The molecule has 2 aromatic rings. The maximum absolute atomic E-state index is 5.94. The summed E-state index contributed by atoms with van der Waals surface area (Å²) in [5.41, 5.74) is 2.55. The van der Waals surface area contributed by atoms with Crippen LogP contribution in [0.2, 0.25) is 0 Å². The predicted octanol–water partition coefficient (Wildman–Crippen LogP) is 2.93. The van der Waals surface area contributed by atoms with Crippen LogP contribution in [0.1, 0.15) is 55.7 Å². The molecule has 0 aromatic carbocycles. The van der Waals surface area contributed by atoms with E-state index in [0.717, 1.165) is 45.2 Å². The molecule has 136 valence electrons. The molecule has 0 unspecified atom stereocenters. The number of aromatic amines is 1. The second kappa shape index (κ2) is 7.70. The molecule has 1 saturated carbocycles. The summed E-state index contributed by atoms with van der Waals surface area (Å²) in [5, 5.41) is 6.94. The molecule has 1 fully saturated rings. The normalized spacial score (nSPS) is 21.7. The van der Waals surface area contributed by atoms with Crippen molar-refractivity contribution in [3.8, 4) is 0 Å². The Kier molecular flexibility index (Phi) is 5.17. The van der Waals surface area contributed by atoms with Gasteiger partial charge in [-0.3, -0.25) is 10.00 Å². The van der Waals surface area contributed by atoms with E-state index in [1.165, 1.54) is 42.8 Å². The number of fused-ring (bicyclic) bond motifs is 1. The number of nitrogens with one attached hydrogen (secondary N) is 1. The average molecular weight is 343 g/mol. The van der Waals surface area contributed by atoms with Crippen molar-refractivity contribution in [2.24, 2.45) is 5.92 Å². The Morgan fingerprint density at radius 1 is 1.24 bits per heavy atom. The van der Waals surface area contributed by atoms with Crippen molar-refractivity contribution in [2.75, 3.05) is 19.8 Å². The van der Waals surface area contributed by atoms with Crippen LogP contribution in [0.5, 0.6) is 0 Å². The van der Waals surface area contributed by atoms with Gasteiger partial charge in [0, 0.05) is 56.3 Å². The lowest BCUT2D eigenvalue weighted by Gasteiger charge is -2.34. The number of hydrogen-bond donors (Lipinski definition) is 1. The summed E-state index contributed by atoms with van der Waals surface area (Å²) in [6.45, 7) is 6.98. The lowest BCUT2D eigenvalue weighted by atomic mass is 10.1. The van der Waals surface area contributed by atoms with Crippen LogP contribution in [0.25, 0.3) is 0 Å². The number of rotatable bonds is 7. The number of imidazole rings is 1. The molecular formula is C19H29N5O. The molecule has 0 saturated heterocycles. The first-order valence-electron chi connectivity index (χ1n) is 9.65. The Balaban J connectivity index is 1.31. The molecule has 4 rings (SSSR count). The second-order valence-electron chi connectivity index (χ2n) is 7.49. The summed E-state index contributed by atoms with van der Waals surface area (Å²) in [6, 6.07) is 0.330. The van der Waals surface area contributed by atoms with Crippen LogP contribution >= 0.6 is 0 Å². The number of aromatic nitrogens is 4. The Labute approximate surface area is 149 Å². The van der Waals surface area contributed by atoms with Gasteiger partial charge in [0.25, 0.3) is 0 Å². The fraction of sp³-hybridized carbons (Fsp3) is 0.684. The van der Waals surface area contributed by atoms with Crippen LogP contribution in [-0.2, 0) is 24.2 Å². The first-order chi connectivity index (χ1) is 12.3. The van der Waals surface area contributed by atoms with Crippen molar-refractivity contribution < 1.29 is 4.74 Å². The van der Waals surface area contributed by atoms with Crippen LogP contribution in [-0.4, -0.2) is 44.4 Å². The molecule has 0 amide bonds. The van der Waals surface area contributed by atoms with Gasteiger partial charge in [-0.2, -0.15) is 5.10 Å². The van der Waals surface area contributed by atoms with E-state index in [2.05, 4.69) is 26.6 Å². The minimum absolute atomic E-state index is 0.330. The van der Waals surface area contributed by atoms with Crippen LogP contribution < -0.4 is 0 Å². The van der Waals surface area contributed by atoms with E-state index in [4.69, 9.17) is 9.72 Å². The van der Waals surface area contributed by atoms with Crippen molar-refractivity contribution in [1.29, 1.82) is 0 Å². The lowest BCUT2D eigenvalue weighted by Crippen LogP contribution is -2.37. The zero-order valence-corrected chi connectivity index (χ0v) is 15.2. The molecule has 0 spiro atoms. The van der Waals surface area contributed by atoms with Gasteiger partial charge in [-0.1, -0.05) is 12.8 Å². The van der Waals surface area contributed by atoms with E-state index in [1.54, 1.807) is 0 Å². The average Bonchev–Trinajstić information content (AvgIpc) is 3.36. The van der Waals surface area contributed by atoms with Crippen LogP contribution in [0.4, 0.5) is 0 Å². The maximum Gasteiger partial charge on any atom is 0.126 e. The molecule has 6 heteroatoms. The van der Waals surface area contributed by atoms with Crippen molar-refractivity contribution in [2.45, 2.75) is 58.2 Å². The predicted molar refractivity (Wildman–Crippen MR) is 96.1 cm³/mol. The Bertz CT molecular complexity index is 659. The topological polar surface area (TPSA) is 59.0 Å². The fourth-order valence-corrected chi connectivity index (χ4v) is 4.22. The zero-order chi connectivity index (χ0) is 17.1. The van der Waals surface area contributed by atoms with Gasteiger partial charge in [0.1, 0.15) is 5.82 Å². The van der Waals surface area contributed by atoms with Gasteiger partial charge in [-0.05, 0) is 25.7 Å². The second-order valence-corrected chi connectivity index (χ2v) is 7.49. The molecule has 6 nitrogen and oxygen atoms in total. The highest BCUT2D eigenvalue weighted by Crippen LogP contribution is 2.27. The van der Waals surface area contributed by atoms with E-state index in [1.807, 2.05) is 18.6 Å². The van der Waals surface area contributed by atoms with Crippen molar-refractivity contribution >= 4 is 0 Å². The van der Waals surface area contributed by atoms with E-state index >= 15 is 0 Å². The molecule has 25 heavy (non-hydrogen) atoms. The third-order valence-electron chi connectivity index (χ3n) is 5.77. The molecule has 1 aliphatic carbocycles. The molecule has 1 atom stereocenters. The van der Waals surface area contributed by atoms with E-state index < -0.39 is 0 Å². The minimum Gasteiger partial charge on any atom is -0.381 e. The first kappa shape index (κ1) is 16.8. The van der Waals surface area contributed by atoms with Gasteiger partial charge in [0.2, 0.25) is 0 Å². The molecule has 0 radical (unpaired) electrons. The lowest BCUT2D eigenvalue weighted by molar-refractivity contribution is 0.102. The summed E-state index contributed by atoms with van der Waals surface area (Å²) in [6.07, 6.45) is 12.4. The summed E-state index contributed by atoms with van der Waals surface area (Å²) in [5.74, 6) is 1.98. The van der Waals surface area contributed by atoms with Crippen molar-refractivity contribution in [3.63, 3.8) is 0 Å². The quantitative estimate of drug-likeness (QED) is 0.785. The molecule has 2 aromatic heterocycles. The first-order valence-corrected chi connectivity index (χ1v) is 9.65. The number of ether oxygens (including phenoxy) is 1. The monoisotopic (exact) mass is 343 g/mol. The number of nitrogens with zero attached hydrogens (tertiary/aromatic N) is 4. The van der Waals surface area contributed by atoms with Gasteiger partial charge in [-0.25, -0.2) is 4.98 Å². The van der Waals surface area contributed by atoms with Gasteiger partial charge in [0.15, 0.2) is 0 Å². The highest BCUT2D eigenvalue weighted by molar-refractivity contribution is 5.12. The van der Waals surface area contributed by atoms with E-state index in [0.29, 0.717) is 6.04 Å². The smallest absolute Gasteiger partial charge is 0.126 e. The summed E-state index contributed by atoms with van der Waals surface area (Å²) < 4.78 is 8.34. The summed E-state index contributed by atoms with van der Waals surface area (Å²) in [7, 11) is 0. The maximum atomic E-state index is 5.94. The Morgan fingerprint density at radius 2 is 2.12 bits per heavy atom. The molecule has 3 heterocycles. The van der Waals surface area contributed by atoms with E-state index in [-0.39, 0.29) is 0 Å². The van der Waals surface area contributed by atoms with Gasteiger partial charge in [0.05, 0.1) is 18.8 Å². The van der Waals surface area contributed by atoms with Crippen molar-refractivity contribution in [3.05, 3.63) is 35.7 Å². The molecule has 1 aliphatic heterocycles. The third kappa shape index (κ3) is 3.80. The standard InChI is InChI=1S/C19H29N5O/c1-15-19-20-12-18(6-9-25-14-16-4-2-3-5-16)24(19)8-7-23(15)13-17-10-21-22-11-17/h10-12,15-16H,2-9,13-14H2,1H3,(H,21,22)/t15-/m1/s1.